The van der Waals surface area contributed by atoms with Crippen molar-refractivity contribution in [2.75, 3.05) is 13.7 Å². The minimum atomic E-state index is -8.47. The molecule has 2 atom stereocenters. The fourth-order valence-corrected chi connectivity index (χ4v) is 5.84. The molecule has 48 heavy (non-hydrogen) atoms. The van der Waals surface area contributed by atoms with Crippen molar-refractivity contribution in [3.63, 3.8) is 0 Å². The number of ether oxygens (including phenoxy) is 2. The van der Waals surface area contributed by atoms with Gasteiger partial charge in [0.1, 0.15) is 0 Å². The molecule has 286 valence electrons. The van der Waals surface area contributed by atoms with Crippen molar-refractivity contribution < 1.29 is 84.9 Å². The molecule has 0 rings (SSSR count). The van der Waals surface area contributed by atoms with Crippen LogP contribution >= 0.6 is 0 Å². The lowest BCUT2D eigenvalue weighted by atomic mass is 9.39. The zero-order chi connectivity index (χ0) is 39.8. The number of carbonyl (C=O) groups excluding carboxylic acids is 2. The summed E-state index contributed by atoms with van der Waals surface area (Å²) in [5.41, 5.74) is -9.43. The van der Waals surface area contributed by atoms with Gasteiger partial charge in [-0.05, 0) is 35.5 Å². The van der Waals surface area contributed by atoms with Crippen LogP contribution in [0.15, 0.2) is 0 Å². The normalized spacial score (nSPS) is 18.2. The van der Waals surface area contributed by atoms with Crippen molar-refractivity contribution in [1.29, 1.82) is 0 Å². The van der Waals surface area contributed by atoms with Crippen LogP contribution in [-0.2, 0) is 19.1 Å². The van der Waals surface area contributed by atoms with Gasteiger partial charge >= 0.3 is 53.7 Å². The second kappa shape index (κ2) is 12.0. The number of halogens is 15. The number of esters is 2. The van der Waals surface area contributed by atoms with Gasteiger partial charge in [-0.3, -0.25) is 9.59 Å². The van der Waals surface area contributed by atoms with E-state index in [2.05, 4.69) is 4.74 Å². The van der Waals surface area contributed by atoms with E-state index in [1.807, 2.05) is 0 Å². The van der Waals surface area contributed by atoms with E-state index in [0.29, 0.717) is 0 Å². The Bertz CT molecular complexity index is 1210. The molecule has 0 aromatic rings. The third kappa shape index (κ3) is 5.91. The molecule has 0 fully saturated rings. The molecule has 19 heteroatoms. The highest BCUT2D eigenvalue weighted by molar-refractivity contribution is 5.81. The van der Waals surface area contributed by atoms with Crippen molar-refractivity contribution in [1.82, 2.24) is 0 Å². The molecule has 4 nitrogen and oxygen atoms in total. The SMILES string of the molecule is COC(=O)C(C)(C(C)(C)C)C(C)(C)C(C)(C)C(C)(C(=O)OCC(F)(F)C(F)(F)C(F)(F)C(F)(F)C(F)(F)C(F)(F)C(F)(F)F)C(C)(C)C. The summed E-state index contributed by atoms with van der Waals surface area (Å²) in [6.07, 6.45) is -7.72. The van der Waals surface area contributed by atoms with Crippen LogP contribution in [0, 0.1) is 32.5 Å². The van der Waals surface area contributed by atoms with Crippen LogP contribution in [-0.4, -0.2) is 67.4 Å². The quantitative estimate of drug-likeness (QED) is 0.148. The van der Waals surface area contributed by atoms with E-state index in [9.17, 15) is 75.4 Å². The molecule has 0 amide bonds. The van der Waals surface area contributed by atoms with Crippen molar-refractivity contribution in [2.24, 2.45) is 32.5 Å². The second-order valence-corrected chi connectivity index (χ2v) is 15.1. The van der Waals surface area contributed by atoms with Gasteiger partial charge in [-0.15, -0.1) is 0 Å². The van der Waals surface area contributed by atoms with Gasteiger partial charge in [-0.1, -0.05) is 69.2 Å². The van der Waals surface area contributed by atoms with E-state index in [4.69, 9.17) is 4.74 Å². The minimum absolute atomic E-state index is 0.820. The van der Waals surface area contributed by atoms with Crippen molar-refractivity contribution in [2.45, 2.75) is 125 Å². The van der Waals surface area contributed by atoms with Crippen molar-refractivity contribution in [3.05, 3.63) is 0 Å². The van der Waals surface area contributed by atoms with Crippen LogP contribution in [0.4, 0.5) is 65.9 Å². The van der Waals surface area contributed by atoms with Crippen LogP contribution in [0.3, 0.4) is 0 Å². The first kappa shape index (κ1) is 45.9. The van der Waals surface area contributed by atoms with Crippen LogP contribution in [0.1, 0.15) is 83.1 Å². The van der Waals surface area contributed by atoms with E-state index in [-0.39, 0.29) is 0 Å². The number of rotatable bonds is 12. The molecule has 0 spiro atoms. The largest absolute Gasteiger partial charge is 0.469 e. The van der Waals surface area contributed by atoms with E-state index in [1.54, 1.807) is 20.8 Å². The molecule has 0 radical (unpaired) electrons. The summed E-state index contributed by atoms with van der Waals surface area (Å²) in [7, 11) is 1.05. The molecule has 2 unspecified atom stereocenters. The summed E-state index contributed by atoms with van der Waals surface area (Å²) in [4.78, 5) is 26.9. The Morgan fingerprint density at radius 1 is 0.438 bits per heavy atom. The number of carbonyl (C=O) groups is 2. The standard InChI is InChI=1S/C29H41F15O4/c1-17(2,3)21(11,15(45)47-13)19(7,8)20(9,10)22(12,18(4,5)6)16(46)48-14-23(30,31)24(32,33)25(34,35)26(36,37)27(38,39)28(40,41)29(42,43)44/h14H2,1-13H3. The molecule has 0 aliphatic rings. The van der Waals surface area contributed by atoms with Crippen LogP contribution in [0.2, 0.25) is 0 Å². The molecule has 0 N–H and O–H groups in total. The predicted octanol–water partition coefficient (Wildman–Crippen LogP) is 10.2. The zero-order valence-corrected chi connectivity index (χ0v) is 28.5. The summed E-state index contributed by atoms with van der Waals surface area (Å²) in [5.74, 6) is -50.6. The third-order valence-electron chi connectivity index (χ3n) is 10.8. The maximum absolute atomic E-state index is 14.7. The third-order valence-corrected chi connectivity index (χ3v) is 10.8. The Kier molecular flexibility index (Phi) is 11.5. The fourth-order valence-electron chi connectivity index (χ4n) is 5.84. The topological polar surface area (TPSA) is 52.6 Å². The van der Waals surface area contributed by atoms with Gasteiger partial charge < -0.3 is 9.47 Å². The van der Waals surface area contributed by atoms with Crippen LogP contribution in [0.25, 0.3) is 0 Å². The Morgan fingerprint density at radius 2 is 0.708 bits per heavy atom. The zero-order valence-electron chi connectivity index (χ0n) is 28.5. The number of hydrogen-bond donors (Lipinski definition) is 0. The van der Waals surface area contributed by atoms with Gasteiger partial charge in [0.05, 0.1) is 17.9 Å². The highest BCUT2D eigenvalue weighted by Crippen LogP contribution is 2.68. The van der Waals surface area contributed by atoms with Gasteiger partial charge in [-0.25, -0.2) is 0 Å². The summed E-state index contributed by atoms with van der Waals surface area (Å²) in [5, 5.41) is 0. The van der Waals surface area contributed by atoms with Crippen LogP contribution in [0.5, 0.6) is 0 Å². The van der Waals surface area contributed by atoms with Crippen molar-refractivity contribution in [3.8, 4) is 0 Å². The van der Waals surface area contributed by atoms with Crippen molar-refractivity contribution >= 4 is 11.9 Å². The Morgan fingerprint density at radius 3 is 0.979 bits per heavy atom. The highest BCUT2D eigenvalue weighted by atomic mass is 19.4. The molecule has 0 bridgehead atoms. The van der Waals surface area contributed by atoms with Gasteiger partial charge in [0, 0.05) is 0 Å². The van der Waals surface area contributed by atoms with E-state index >= 15 is 0 Å². The summed E-state index contributed by atoms with van der Waals surface area (Å²) in [6.45, 7) is 13.7. The monoisotopic (exact) mass is 738 g/mol. The molecule has 0 heterocycles. The molecular formula is C29H41F15O4. The fraction of sp³-hybridized carbons (Fsp3) is 0.931. The number of hydrogen-bond acceptors (Lipinski definition) is 4. The van der Waals surface area contributed by atoms with Crippen LogP contribution < -0.4 is 0 Å². The maximum atomic E-state index is 14.7. The molecule has 0 aliphatic carbocycles. The predicted molar refractivity (Wildman–Crippen MR) is 141 cm³/mol. The summed E-state index contributed by atoms with van der Waals surface area (Å²) >= 11 is 0. The molecule has 0 aliphatic heterocycles. The van der Waals surface area contributed by atoms with E-state index in [0.717, 1.165) is 14.0 Å². The molecule has 0 aromatic carbocycles. The van der Waals surface area contributed by atoms with E-state index < -0.39 is 92.7 Å². The highest BCUT2D eigenvalue weighted by Gasteiger charge is 2.93. The smallest absolute Gasteiger partial charge is 0.460 e. The summed E-state index contributed by atoms with van der Waals surface area (Å²) in [6, 6.07) is 0. The number of methoxy groups -OCH3 is 1. The minimum Gasteiger partial charge on any atom is -0.469 e. The van der Waals surface area contributed by atoms with Gasteiger partial charge in [-0.2, -0.15) is 65.9 Å². The first-order valence-corrected chi connectivity index (χ1v) is 14.0. The average molecular weight is 739 g/mol. The van der Waals surface area contributed by atoms with Gasteiger partial charge in [0.25, 0.3) is 0 Å². The molecule has 0 aromatic heterocycles. The Labute approximate surface area is 268 Å². The lowest BCUT2D eigenvalue weighted by molar-refractivity contribution is -0.453. The second-order valence-electron chi connectivity index (χ2n) is 15.1. The first-order valence-electron chi connectivity index (χ1n) is 14.0. The average Bonchev–Trinajstić information content (AvgIpc) is 2.87. The lowest BCUT2D eigenvalue weighted by Crippen LogP contribution is -2.73. The maximum Gasteiger partial charge on any atom is 0.460 e. The molecule has 0 saturated heterocycles. The van der Waals surface area contributed by atoms with Gasteiger partial charge in [0.2, 0.25) is 0 Å². The lowest BCUT2D eigenvalue weighted by Gasteiger charge is -2.64. The van der Waals surface area contributed by atoms with Gasteiger partial charge in [0.15, 0.2) is 6.61 Å². The molecule has 0 saturated carbocycles. The van der Waals surface area contributed by atoms with E-state index in [1.165, 1.54) is 55.4 Å². The molecular weight excluding hydrogens is 697 g/mol. The summed E-state index contributed by atoms with van der Waals surface area (Å²) < 4.78 is 214. The Hall–Kier alpha value is -2.11. The first-order chi connectivity index (χ1) is 20.4. The number of alkyl halides is 15. The Balaban J connectivity index is 7.18.